The van der Waals surface area contributed by atoms with Gasteiger partial charge in [-0.15, -0.1) is 0 Å². The van der Waals surface area contributed by atoms with Crippen LogP contribution in [0.25, 0.3) is 0 Å². The topological polar surface area (TPSA) is 30.5 Å². The first-order valence-corrected chi connectivity index (χ1v) is 7.20. The summed E-state index contributed by atoms with van der Waals surface area (Å²) >= 11 is 3.44. The number of ether oxygens (including phenoxy) is 2. The normalized spacial score (nSPS) is 10.6. The largest absolute Gasteiger partial charge is 0.492 e. The first-order valence-electron chi connectivity index (χ1n) is 6.41. The SMILES string of the molecule is CCOCCCNCCOc1ccc(Br)cc1C. The highest BCUT2D eigenvalue weighted by Crippen LogP contribution is 2.21. The summed E-state index contributed by atoms with van der Waals surface area (Å²) in [7, 11) is 0. The molecule has 0 aromatic heterocycles. The van der Waals surface area contributed by atoms with Crippen molar-refractivity contribution in [1.29, 1.82) is 0 Å². The molecular formula is C14H22BrNO2. The third kappa shape index (κ3) is 6.38. The molecule has 0 aliphatic heterocycles. The lowest BCUT2D eigenvalue weighted by Gasteiger charge is -2.10. The van der Waals surface area contributed by atoms with Gasteiger partial charge in [-0.2, -0.15) is 0 Å². The number of hydrogen-bond acceptors (Lipinski definition) is 3. The van der Waals surface area contributed by atoms with Crippen molar-refractivity contribution >= 4 is 15.9 Å². The van der Waals surface area contributed by atoms with Gasteiger partial charge in [-0.3, -0.25) is 0 Å². The maximum absolute atomic E-state index is 5.70. The van der Waals surface area contributed by atoms with Crippen LogP contribution in [0.1, 0.15) is 18.9 Å². The molecule has 0 bridgehead atoms. The molecule has 0 fully saturated rings. The van der Waals surface area contributed by atoms with Crippen molar-refractivity contribution in [2.75, 3.05) is 32.9 Å². The van der Waals surface area contributed by atoms with Crippen LogP contribution in [0.5, 0.6) is 5.75 Å². The minimum Gasteiger partial charge on any atom is -0.492 e. The van der Waals surface area contributed by atoms with E-state index in [1.165, 1.54) is 0 Å². The van der Waals surface area contributed by atoms with Gasteiger partial charge in [-0.05, 0) is 50.6 Å². The molecule has 1 aromatic rings. The van der Waals surface area contributed by atoms with Gasteiger partial charge in [-0.25, -0.2) is 0 Å². The summed E-state index contributed by atoms with van der Waals surface area (Å²) in [5.41, 5.74) is 1.15. The molecule has 1 aromatic carbocycles. The summed E-state index contributed by atoms with van der Waals surface area (Å²) in [4.78, 5) is 0. The molecule has 18 heavy (non-hydrogen) atoms. The molecule has 0 atom stereocenters. The number of benzene rings is 1. The highest BCUT2D eigenvalue weighted by atomic mass is 79.9. The van der Waals surface area contributed by atoms with Gasteiger partial charge in [-0.1, -0.05) is 15.9 Å². The molecule has 0 saturated carbocycles. The lowest BCUT2D eigenvalue weighted by atomic mass is 10.2. The van der Waals surface area contributed by atoms with Gasteiger partial charge in [0.05, 0.1) is 0 Å². The van der Waals surface area contributed by atoms with Gasteiger partial charge in [0.1, 0.15) is 12.4 Å². The monoisotopic (exact) mass is 315 g/mol. The third-order valence-corrected chi connectivity index (χ3v) is 3.01. The summed E-state index contributed by atoms with van der Waals surface area (Å²) in [6.45, 7) is 8.22. The molecule has 3 nitrogen and oxygen atoms in total. The minimum atomic E-state index is 0.692. The molecule has 0 spiro atoms. The highest BCUT2D eigenvalue weighted by Gasteiger charge is 1.99. The van der Waals surface area contributed by atoms with Gasteiger partial charge in [0.25, 0.3) is 0 Å². The van der Waals surface area contributed by atoms with E-state index < -0.39 is 0 Å². The van der Waals surface area contributed by atoms with E-state index in [0.717, 1.165) is 48.5 Å². The van der Waals surface area contributed by atoms with Crippen molar-refractivity contribution in [3.63, 3.8) is 0 Å². The van der Waals surface area contributed by atoms with Crippen LogP contribution in [0.3, 0.4) is 0 Å². The molecule has 0 aliphatic carbocycles. The Morgan fingerprint density at radius 1 is 1.22 bits per heavy atom. The van der Waals surface area contributed by atoms with E-state index in [4.69, 9.17) is 9.47 Å². The summed E-state index contributed by atoms with van der Waals surface area (Å²) in [6.07, 6.45) is 1.05. The second-order valence-electron chi connectivity index (χ2n) is 4.06. The molecule has 0 amide bonds. The minimum absolute atomic E-state index is 0.692. The van der Waals surface area contributed by atoms with Crippen molar-refractivity contribution in [3.8, 4) is 5.75 Å². The van der Waals surface area contributed by atoms with E-state index in [2.05, 4.69) is 34.2 Å². The van der Waals surface area contributed by atoms with Crippen LogP contribution >= 0.6 is 15.9 Å². The van der Waals surface area contributed by atoms with Crippen LogP contribution in [-0.2, 0) is 4.74 Å². The second-order valence-corrected chi connectivity index (χ2v) is 4.97. The molecule has 102 valence electrons. The Morgan fingerprint density at radius 3 is 2.78 bits per heavy atom. The predicted molar refractivity (Wildman–Crippen MR) is 78.4 cm³/mol. The van der Waals surface area contributed by atoms with Crippen molar-refractivity contribution < 1.29 is 9.47 Å². The Kier molecular flexibility index (Phi) is 8.05. The summed E-state index contributed by atoms with van der Waals surface area (Å²) in [5.74, 6) is 0.953. The van der Waals surface area contributed by atoms with E-state index in [1.54, 1.807) is 0 Å². The van der Waals surface area contributed by atoms with E-state index in [-0.39, 0.29) is 0 Å². The standard InChI is InChI=1S/C14H22BrNO2/c1-3-17-9-4-7-16-8-10-18-14-6-5-13(15)11-12(14)2/h5-6,11,16H,3-4,7-10H2,1-2H3. The molecule has 1 N–H and O–H groups in total. The maximum atomic E-state index is 5.70. The molecule has 0 heterocycles. The van der Waals surface area contributed by atoms with Crippen molar-refractivity contribution in [1.82, 2.24) is 5.32 Å². The molecular weight excluding hydrogens is 294 g/mol. The van der Waals surface area contributed by atoms with E-state index in [9.17, 15) is 0 Å². The van der Waals surface area contributed by atoms with Crippen LogP contribution < -0.4 is 10.1 Å². The van der Waals surface area contributed by atoms with Gasteiger partial charge >= 0.3 is 0 Å². The molecule has 0 saturated heterocycles. The fourth-order valence-electron chi connectivity index (χ4n) is 1.58. The number of nitrogens with one attached hydrogen (secondary N) is 1. The summed E-state index contributed by atoms with van der Waals surface area (Å²) in [6, 6.07) is 6.05. The maximum Gasteiger partial charge on any atom is 0.122 e. The lowest BCUT2D eigenvalue weighted by Crippen LogP contribution is -2.23. The van der Waals surface area contributed by atoms with E-state index in [0.29, 0.717) is 6.61 Å². The lowest BCUT2D eigenvalue weighted by molar-refractivity contribution is 0.144. The zero-order valence-corrected chi connectivity index (χ0v) is 12.8. The van der Waals surface area contributed by atoms with Crippen LogP contribution in [0.15, 0.2) is 22.7 Å². The van der Waals surface area contributed by atoms with Gasteiger partial charge in [0, 0.05) is 24.2 Å². The Balaban J connectivity index is 2.07. The molecule has 0 unspecified atom stereocenters. The zero-order valence-electron chi connectivity index (χ0n) is 11.2. The van der Waals surface area contributed by atoms with Gasteiger partial charge in [0.15, 0.2) is 0 Å². The van der Waals surface area contributed by atoms with E-state index >= 15 is 0 Å². The molecule has 0 aliphatic rings. The number of hydrogen-bond donors (Lipinski definition) is 1. The quantitative estimate of drug-likeness (QED) is 0.710. The average molecular weight is 316 g/mol. The van der Waals surface area contributed by atoms with Gasteiger partial charge < -0.3 is 14.8 Å². The predicted octanol–water partition coefficient (Wildman–Crippen LogP) is 3.15. The summed E-state index contributed by atoms with van der Waals surface area (Å²) in [5, 5.41) is 3.33. The molecule has 4 heteroatoms. The van der Waals surface area contributed by atoms with Crippen molar-refractivity contribution in [3.05, 3.63) is 28.2 Å². The van der Waals surface area contributed by atoms with E-state index in [1.807, 2.05) is 19.1 Å². The Morgan fingerprint density at radius 2 is 2.06 bits per heavy atom. The van der Waals surface area contributed by atoms with Crippen LogP contribution in [0, 0.1) is 6.92 Å². The van der Waals surface area contributed by atoms with Crippen molar-refractivity contribution in [2.45, 2.75) is 20.3 Å². The average Bonchev–Trinajstić information content (AvgIpc) is 2.35. The van der Waals surface area contributed by atoms with Gasteiger partial charge in [0.2, 0.25) is 0 Å². The number of aryl methyl sites for hydroxylation is 1. The van der Waals surface area contributed by atoms with Crippen molar-refractivity contribution in [2.24, 2.45) is 0 Å². The Hall–Kier alpha value is -0.580. The first-order chi connectivity index (χ1) is 8.74. The Bertz CT molecular complexity index is 345. The molecule has 1 rings (SSSR count). The second kappa shape index (κ2) is 9.36. The first kappa shape index (κ1) is 15.5. The number of rotatable bonds is 9. The van der Waals surface area contributed by atoms with Crippen LogP contribution in [0.2, 0.25) is 0 Å². The third-order valence-electron chi connectivity index (χ3n) is 2.52. The highest BCUT2D eigenvalue weighted by molar-refractivity contribution is 9.10. The molecule has 0 radical (unpaired) electrons. The number of halogens is 1. The summed E-state index contributed by atoms with van der Waals surface area (Å²) < 4.78 is 12.1. The van der Waals surface area contributed by atoms with Crippen LogP contribution in [-0.4, -0.2) is 32.9 Å². The zero-order chi connectivity index (χ0) is 13.2. The fourth-order valence-corrected chi connectivity index (χ4v) is 2.05. The van der Waals surface area contributed by atoms with Crippen LogP contribution in [0.4, 0.5) is 0 Å². The Labute approximate surface area is 118 Å². The smallest absolute Gasteiger partial charge is 0.122 e. The fraction of sp³-hybridized carbons (Fsp3) is 0.571.